The van der Waals surface area contributed by atoms with E-state index in [0.717, 1.165) is 51.4 Å². The number of rotatable bonds is 4. The van der Waals surface area contributed by atoms with Gasteiger partial charge in [-0.3, -0.25) is 9.59 Å². The number of carbonyl (C=O) groups is 2. The van der Waals surface area contributed by atoms with Gasteiger partial charge >= 0.3 is 0 Å². The van der Waals surface area contributed by atoms with Gasteiger partial charge in [0, 0.05) is 24.4 Å². The molecule has 5 heteroatoms. The topological polar surface area (TPSA) is 57.6 Å². The van der Waals surface area contributed by atoms with E-state index in [4.69, 9.17) is 0 Å². The van der Waals surface area contributed by atoms with E-state index in [2.05, 4.69) is 29.8 Å². The Kier molecular flexibility index (Phi) is 5.21. The van der Waals surface area contributed by atoms with Crippen molar-refractivity contribution in [2.75, 3.05) is 11.9 Å². The molecule has 0 spiro atoms. The molecule has 1 N–H and O–H groups in total. The summed E-state index contributed by atoms with van der Waals surface area (Å²) >= 11 is 3.33. The third-order valence-corrected chi connectivity index (χ3v) is 10.9. The van der Waals surface area contributed by atoms with Crippen LogP contribution in [0.3, 0.4) is 0 Å². The van der Waals surface area contributed by atoms with Crippen molar-refractivity contribution in [2.45, 2.75) is 96.1 Å². The number of fused-ring (bicyclic) bond motifs is 5. The van der Waals surface area contributed by atoms with Crippen LogP contribution in [0.2, 0.25) is 0 Å². The van der Waals surface area contributed by atoms with Gasteiger partial charge in [-0.1, -0.05) is 29.8 Å². The molecule has 0 aromatic rings. The molecule has 0 radical (unpaired) electrons. The smallest absolute Gasteiger partial charge is 0.233 e. The minimum Gasteiger partial charge on any atom is -0.388 e. The highest BCUT2D eigenvalue weighted by molar-refractivity contribution is 9.09. The standard InChI is InChI=1S/C25H38BrNO3/c1-23-11-12-25(30,15-27(17-4-5-17)22(29)14-26)13-16(23)3-6-18-19-7-8-21(28)24(19,2)10-9-20(18)23/h16-20,30H,3-15H2,1-2H3/t16-,18-,19-,20-,23-,24-,25+/m0/s1. The molecule has 0 aliphatic heterocycles. The quantitative estimate of drug-likeness (QED) is 0.593. The second-order valence-corrected chi connectivity index (χ2v) is 12.5. The van der Waals surface area contributed by atoms with Gasteiger partial charge in [-0.15, -0.1) is 0 Å². The molecule has 168 valence electrons. The molecular weight excluding hydrogens is 442 g/mol. The number of carbonyl (C=O) groups excluding carboxylic acids is 2. The van der Waals surface area contributed by atoms with Crippen LogP contribution in [0.5, 0.6) is 0 Å². The van der Waals surface area contributed by atoms with Crippen molar-refractivity contribution >= 4 is 27.6 Å². The molecule has 0 unspecified atom stereocenters. The fraction of sp³-hybridized carbons (Fsp3) is 0.920. The lowest BCUT2D eigenvalue weighted by Gasteiger charge is -2.61. The lowest BCUT2D eigenvalue weighted by molar-refractivity contribution is -0.161. The van der Waals surface area contributed by atoms with E-state index in [1.807, 2.05) is 4.90 Å². The van der Waals surface area contributed by atoms with Gasteiger partial charge in [0.25, 0.3) is 0 Å². The first-order valence-electron chi connectivity index (χ1n) is 12.3. The SMILES string of the molecule is C[C@]12CC[C@](O)(CN(C(=O)CBr)C3CC3)C[C@@H]1CC[C@@H]1[C@@H]2CC[C@]2(C)C(=O)CC[C@@H]12. The molecule has 0 saturated heterocycles. The third kappa shape index (κ3) is 3.24. The first kappa shape index (κ1) is 21.4. The highest BCUT2D eigenvalue weighted by atomic mass is 79.9. The van der Waals surface area contributed by atoms with Crippen LogP contribution in [0.4, 0.5) is 0 Å². The van der Waals surface area contributed by atoms with Gasteiger partial charge in [0.1, 0.15) is 5.78 Å². The normalized spacial score (nSPS) is 47.9. The van der Waals surface area contributed by atoms with Gasteiger partial charge in [-0.05, 0) is 93.3 Å². The largest absolute Gasteiger partial charge is 0.388 e. The van der Waals surface area contributed by atoms with Crippen LogP contribution >= 0.6 is 15.9 Å². The van der Waals surface area contributed by atoms with E-state index < -0.39 is 5.60 Å². The van der Waals surface area contributed by atoms with Crippen molar-refractivity contribution in [3.05, 3.63) is 0 Å². The van der Waals surface area contributed by atoms with E-state index in [1.54, 1.807) is 0 Å². The number of nitrogens with zero attached hydrogens (tertiary/aromatic N) is 1. The van der Waals surface area contributed by atoms with Gasteiger partial charge < -0.3 is 10.0 Å². The van der Waals surface area contributed by atoms with Crippen molar-refractivity contribution in [1.82, 2.24) is 4.90 Å². The third-order valence-electron chi connectivity index (χ3n) is 10.4. The Bertz CT molecular complexity index is 738. The number of hydrogen-bond donors (Lipinski definition) is 1. The van der Waals surface area contributed by atoms with Crippen LogP contribution in [-0.2, 0) is 9.59 Å². The average Bonchev–Trinajstić information content (AvgIpc) is 3.51. The van der Waals surface area contributed by atoms with Crippen LogP contribution in [0, 0.1) is 34.5 Å². The molecule has 4 nitrogen and oxygen atoms in total. The van der Waals surface area contributed by atoms with E-state index in [9.17, 15) is 14.7 Å². The van der Waals surface area contributed by atoms with Crippen molar-refractivity contribution in [3.63, 3.8) is 0 Å². The fourth-order valence-electron chi connectivity index (χ4n) is 8.44. The van der Waals surface area contributed by atoms with E-state index >= 15 is 0 Å². The van der Waals surface area contributed by atoms with Crippen molar-refractivity contribution in [3.8, 4) is 0 Å². The Labute approximate surface area is 189 Å². The summed E-state index contributed by atoms with van der Waals surface area (Å²) in [7, 11) is 0. The zero-order valence-electron chi connectivity index (χ0n) is 18.7. The van der Waals surface area contributed by atoms with E-state index in [-0.39, 0.29) is 16.7 Å². The fourth-order valence-corrected chi connectivity index (χ4v) is 8.76. The first-order chi connectivity index (χ1) is 14.2. The second-order valence-electron chi connectivity index (χ2n) is 11.9. The molecule has 5 aliphatic rings. The molecule has 7 atom stereocenters. The summed E-state index contributed by atoms with van der Waals surface area (Å²) in [6.07, 6.45) is 11.4. The summed E-state index contributed by atoms with van der Waals surface area (Å²) in [5, 5.41) is 11.9. The van der Waals surface area contributed by atoms with E-state index in [1.165, 1.54) is 19.3 Å². The van der Waals surface area contributed by atoms with Gasteiger partial charge in [0.15, 0.2) is 0 Å². The number of ketones is 1. The van der Waals surface area contributed by atoms with Crippen LogP contribution in [0.25, 0.3) is 0 Å². The number of aliphatic hydroxyl groups is 1. The van der Waals surface area contributed by atoms with Gasteiger partial charge in [-0.25, -0.2) is 0 Å². The molecule has 0 bridgehead atoms. The number of halogens is 1. The summed E-state index contributed by atoms with van der Waals surface area (Å²) in [4.78, 5) is 27.0. The Hall–Kier alpha value is -0.420. The highest BCUT2D eigenvalue weighted by Crippen LogP contribution is 2.66. The summed E-state index contributed by atoms with van der Waals surface area (Å²) in [5.74, 6) is 3.17. The monoisotopic (exact) mass is 479 g/mol. The molecule has 5 rings (SSSR count). The molecular formula is C25H38BrNO3. The molecule has 30 heavy (non-hydrogen) atoms. The molecule has 5 aliphatic carbocycles. The highest BCUT2D eigenvalue weighted by Gasteiger charge is 2.61. The average molecular weight is 480 g/mol. The van der Waals surface area contributed by atoms with Crippen LogP contribution in [-0.4, -0.2) is 45.2 Å². The summed E-state index contributed by atoms with van der Waals surface area (Å²) in [6.45, 7) is 5.26. The van der Waals surface area contributed by atoms with Crippen molar-refractivity contribution < 1.29 is 14.7 Å². The van der Waals surface area contributed by atoms with E-state index in [0.29, 0.717) is 47.4 Å². The molecule has 5 saturated carbocycles. The number of hydrogen-bond acceptors (Lipinski definition) is 3. The summed E-state index contributed by atoms with van der Waals surface area (Å²) < 4.78 is 0. The Balaban J connectivity index is 1.32. The minimum absolute atomic E-state index is 0.0550. The summed E-state index contributed by atoms with van der Waals surface area (Å²) in [6, 6.07) is 0.346. The Morgan fingerprint density at radius 1 is 1.07 bits per heavy atom. The molecule has 0 aromatic carbocycles. The maximum Gasteiger partial charge on any atom is 0.233 e. The lowest BCUT2D eigenvalue weighted by atomic mass is 9.44. The Morgan fingerprint density at radius 2 is 1.83 bits per heavy atom. The van der Waals surface area contributed by atoms with Crippen molar-refractivity contribution in [1.29, 1.82) is 0 Å². The maximum atomic E-state index is 12.6. The van der Waals surface area contributed by atoms with Crippen LogP contribution in [0.15, 0.2) is 0 Å². The predicted molar refractivity (Wildman–Crippen MR) is 120 cm³/mol. The molecule has 5 fully saturated rings. The lowest BCUT2D eigenvalue weighted by Crippen LogP contribution is -2.58. The number of amides is 1. The predicted octanol–water partition coefficient (Wildman–Crippen LogP) is 4.72. The zero-order valence-corrected chi connectivity index (χ0v) is 20.3. The Morgan fingerprint density at radius 3 is 2.53 bits per heavy atom. The van der Waals surface area contributed by atoms with Gasteiger partial charge in [0.05, 0.1) is 10.9 Å². The number of Topliss-reactive ketones (excluding diaryl/α,β-unsaturated/α-hetero) is 1. The van der Waals surface area contributed by atoms with Crippen molar-refractivity contribution in [2.24, 2.45) is 34.5 Å². The maximum absolute atomic E-state index is 12.6. The van der Waals surface area contributed by atoms with Gasteiger partial charge in [0.2, 0.25) is 5.91 Å². The number of alkyl halides is 1. The van der Waals surface area contributed by atoms with Crippen LogP contribution < -0.4 is 0 Å². The molecule has 0 aromatic heterocycles. The van der Waals surface area contributed by atoms with Crippen LogP contribution in [0.1, 0.15) is 84.5 Å². The van der Waals surface area contributed by atoms with Gasteiger partial charge in [-0.2, -0.15) is 0 Å². The minimum atomic E-state index is -0.732. The second kappa shape index (κ2) is 7.30. The molecule has 0 heterocycles. The zero-order chi connectivity index (χ0) is 21.3. The summed E-state index contributed by atoms with van der Waals surface area (Å²) in [5.41, 5.74) is -0.504. The first-order valence-corrected chi connectivity index (χ1v) is 13.4. The molecule has 1 amide bonds.